The van der Waals surface area contributed by atoms with Crippen LogP contribution in [0.25, 0.3) is 22.3 Å². The maximum atomic E-state index is 13.2. The largest absolute Gasteiger partial charge is 0.497 e. The number of carbonyl (C=O) groups is 1. The van der Waals surface area contributed by atoms with Gasteiger partial charge < -0.3 is 13.9 Å². The minimum Gasteiger partial charge on any atom is -0.497 e. The number of ketones is 1. The van der Waals surface area contributed by atoms with Crippen LogP contribution in [0.2, 0.25) is 0 Å². The second kappa shape index (κ2) is 8.25. The monoisotopic (exact) mass is 400 g/mol. The smallest absolute Gasteiger partial charge is 0.235 e. The fourth-order valence-electron chi connectivity index (χ4n) is 3.19. The molecule has 4 aromatic rings. The summed E-state index contributed by atoms with van der Waals surface area (Å²) >= 11 is 0. The Balaban J connectivity index is 1.79. The molecule has 3 aromatic carbocycles. The van der Waals surface area contributed by atoms with Gasteiger partial charge in [-0.3, -0.25) is 9.59 Å². The highest BCUT2D eigenvalue weighted by atomic mass is 16.5. The molecule has 150 valence electrons. The van der Waals surface area contributed by atoms with Gasteiger partial charge in [-0.2, -0.15) is 0 Å². The molecule has 0 fully saturated rings. The van der Waals surface area contributed by atoms with Crippen molar-refractivity contribution in [1.29, 1.82) is 0 Å². The molecule has 0 unspecified atom stereocenters. The Morgan fingerprint density at radius 3 is 2.40 bits per heavy atom. The number of benzene rings is 3. The minimum atomic E-state index is -0.317. The van der Waals surface area contributed by atoms with Crippen molar-refractivity contribution in [2.24, 2.45) is 0 Å². The van der Waals surface area contributed by atoms with Gasteiger partial charge >= 0.3 is 0 Å². The summed E-state index contributed by atoms with van der Waals surface area (Å²) in [5, 5.41) is 0.403. The Labute approximate surface area is 173 Å². The number of carbonyl (C=O) groups excluding carboxylic acids is 1. The molecule has 0 aliphatic carbocycles. The van der Waals surface area contributed by atoms with Gasteiger partial charge in [0.25, 0.3) is 0 Å². The molecule has 0 aliphatic heterocycles. The van der Waals surface area contributed by atoms with Crippen LogP contribution in [0.15, 0.2) is 82.0 Å². The predicted octanol–water partition coefficient (Wildman–Crippen LogP) is 5.04. The number of hydrogen-bond donors (Lipinski definition) is 0. The zero-order chi connectivity index (χ0) is 21.1. The van der Waals surface area contributed by atoms with Crippen LogP contribution in [0.1, 0.15) is 15.9 Å². The van der Waals surface area contributed by atoms with Crippen molar-refractivity contribution in [2.75, 3.05) is 13.7 Å². The molecule has 0 bridgehead atoms. The third-order valence-electron chi connectivity index (χ3n) is 4.80. The summed E-state index contributed by atoms with van der Waals surface area (Å²) in [5.41, 5.74) is 2.29. The van der Waals surface area contributed by atoms with Crippen LogP contribution < -0.4 is 14.9 Å². The normalized spacial score (nSPS) is 10.7. The van der Waals surface area contributed by atoms with Gasteiger partial charge in [0, 0.05) is 11.1 Å². The summed E-state index contributed by atoms with van der Waals surface area (Å²) in [6.07, 6.45) is 0. The molecule has 0 saturated heterocycles. The molecule has 0 saturated carbocycles. The summed E-state index contributed by atoms with van der Waals surface area (Å²) in [5.74, 6) is 0.751. The van der Waals surface area contributed by atoms with Crippen molar-refractivity contribution in [3.05, 3.63) is 94.1 Å². The zero-order valence-corrected chi connectivity index (χ0v) is 16.7. The molecular formula is C25H20O5. The van der Waals surface area contributed by atoms with E-state index in [1.54, 1.807) is 61.7 Å². The van der Waals surface area contributed by atoms with Crippen LogP contribution in [-0.4, -0.2) is 19.5 Å². The average molecular weight is 400 g/mol. The molecule has 0 spiro atoms. The van der Waals surface area contributed by atoms with E-state index in [1.165, 1.54) is 0 Å². The van der Waals surface area contributed by atoms with Gasteiger partial charge in [-0.05, 0) is 48.9 Å². The number of aryl methyl sites for hydroxylation is 1. The lowest BCUT2D eigenvalue weighted by Crippen LogP contribution is -2.17. The maximum absolute atomic E-state index is 13.2. The zero-order valence-electron chi connectivity index (χ0n) is 16.7. The van der Waals surface area contributed by atoms with E-state index in [1.807, 2.05) is 25.1 Å². The first-order chi connectivity index (χ1) is 14.6. The van der Waals surface area contributed by atoms with Crippen LogP contribution >= 0.6 is 0 Å². The van der Waals surface area contributed by atoms with E-state index in [9.17, 15) is 9.59 Å². The molecule has 5 heteroatoms. The standard InChI is InChI=1S/C25H20O5/c1-16-8-13-20-22(14-16)30-24(18-9-11-19(28-2)12-10-18)25(23(20)27)29-15-21(26)17-6-4-3-5-7-17/h3-14H,15H2,1-2H3. The lowest BCUT2D eigenvalue weighted by molar-refractivity contribution is 0.0920. The van der Waals surface area contributed by atoms with Crippen molar-refractivity contribution in [2.45, 2.75) is 6.92 Å². The van der Waals surface area contributed by atoms with Crippen molar-refractivity contribution >= 4 is 16.8 Å². The topological polar surface area (TPSA) is 65.7 Å². The van der Waals surface area contributed by atoms with Gasteiger partial charge in [0.15, 0.2) is 18.2 Å². The van der Waals surface area contributed by atoms with Gasteiger partial charge in [0.1, 0.15) is 11.3 Å². The highest BCUT2D eigenvalue weighted by Gasteiger charge is 2.19. The molecule has 0 radical (unpaired) electrons. The van der Waals surface area contributed by atoms with Crippen LogP contribution in [0.3, 0.4) is 0 Å². The van der Waals surface area contributed by atoms with Gasteiger partial charge in [-0.25, -0.2) is 0 Å². The molecule has 0 atom stereocenters. The van der Waals surface area contributed by atoms with Crippen molar-refractivity contribution < 1.29 is 18.7 Å². The molecule has 30 heavy (non-hydrogen) atoms. The Morgan fingerprint density at radius 2 is 1.70 bits per heavy atom. The summed E-state index contributed by atoms with van der Waals surface area (Å²) in [6, 6.07) is 21.3. The van der Waals surface area contributed by atoms with E-state index in [0.717, 1.165) is 5.56 Å². The number of hydrogen-bond acceptors (Lipinski definition) is 5. The van der Waals surface area contributed by atoms with E-state index in [4.69, 9.17) is 13.9 Å². The summed E-state index contributed by atoms with van der Waals surface area (Å²) in [6.45, 7) is 1.66. The Morgan fingerprint density at radius 1 is 0.967 bits per heavy atom. The Kier molecular flexibility index (Phi) is 5.35. The van der Waals surface area contributed by atoms with Crippen molar-refractivity contribution in [3.63, 3.8) is 0 Å². The van der Waals surface area contributed by atoms with Crippen LogP contribution in [0.4, 0.5) is 0 Å². The van der Waals surface area contributed by atoms with Crippen LogP contribution in [0.5, 0.6) is 11.5 Å². The quantitative estimate of drug-likeness (QED) is 0.424. The van der Waals surface area contributed by atoms with E-state index < -0.39 is 0 Å². The minimum absolute atomic E-state index is 0.0146. The second-order valence-corrected chi connectivity index (χ2v) is 6.90. The molecular weight excluding hydrogens is 380 g/mol. The predicted molar refractivity (Wildman–Crippen MR) is 115 cm³/mol. The van der Waals surface area contributed by atoms with Crippen molar-refractivity contribution in [1.82, 2.24) is 0 Å². The highest BCUT2D eigenvalue weighted by Crippen LogP contribution is 2.32. The Bertz CT molecular complexity index is 1250. The van der Waals surface area contributed by atoms with Gasteiger partial charge in [0.2, 0.25) is 11.2 Å². The fourth-order valence-corrected chi connectivity index (χ4v) is 3.19. The molecule has 1 heterocycles. The van der Waals surface area contributed by atoms with Gasteiger partial charge in [-0.15, -0.1) is 0 Å². The fraction of sp³-hybridized carbons (Fsp3) is 0.120. The number of ether oxygens (including phenoxy) is 2. The molecule has 4 rings (SSSR count). The average Bonchev–Trinajstić information content (AvgIpc) is 2.78. The van der Waals surface area contributed by atoms with Crippen LogP contribution in [-0.2, 0) is 0 Å². The van der Waals surface area contributed by atoms with E-state index in [2.05, 4.69) is 0 Å². The molecule has 0 amide bonds. The number of Topliss-reactive ketones (excluding diaryl/α,β-unsaturated/α-hetero) is 1. The van der Waals surface area contributed by atoms with Gasteiger partial charge in [0.05, 0.1) is 12.5 Å². The van der Waals surface area contributed by atoms with Crippen molar-refractivity contribution in [3.8, 4) is 22.8 Å². The van der Waals surface area contributed by atoms with Gasteiger partial charge in [-0.1, -0.05) is 36.4 Å². The Hall–Kier alpha value is -3.86. The first kappa shape index (κ1) is 19.5. The third-order valence-corrected chi connectivity index (χ3v) is 4.80. The lowest BCUT2D eigenvalue weighted by atomic mass is 10.1. The first-order valence-corrected chi connectivity index (χ1v) is 9.50. The highest BCUT2D eigenvalue weighted by molar-refractivity contribution is 5.97. The number of fused-ring (bicyclic) bond motifs is 1. The molecule has 0 N–H and O–H groups in total. The summed E-state index contributed by atoms with van der Waals surface area (Å²) < 4.78 is 17.0. The number of methoxy groups -OCH3 is 1. The SMILES string of the molecule is COc1ccc(-c2oc3cc(C)ccc3c(=O)c2OCC(=O)c2ccccc2)cc1. The van der Waals surface area contributed by atoms with E-state index >= 15 is 0 Å². The summed E-state index contributed by atoms with van der Waals surface area (Å²) in [7, 11) is 1.58. The van der Waals surface area contributed by atoms with E-state index in [0.29, 0.717) is 27.8 Å². The first-order valence-electron chi connectivity index (χ1n) is 9.50. The van der Waals surface area contributed by atoms with E-state index in [-0.39, 0.29) is 29.3 Å². The van der Waals surface area contributed by atoms with Crippen LogP contribution in [0, 0.1) is 6.92 Å². The number of rotatable bonds is 6. The molecule has 5 nitrogen and oxygen atoms in total. The molecule has 1 aromatic heterocycles. The molecule has 0 aliphatic rings. The summed E-state index contributed by atoms with van der Waals surface area (Å²) in [4.78, 5) is 25.7. The third kappa shape index (κ3) is 3.82. The second-order valence-electron chi connectivity index (χ2n) is 6.90. The lowest BCUT2D eigenvalue weighted by Gasteiger charge is -2.12. The maximum Gasteiger partial charge on any atom is 0.235 e.